The third kappa shape index (κ3) is 3.99. The van der Waals surface area contributed by atoms with Crippen LogP contribution in [-0.4, -0.2) is 6.54 Å². The van der Waals surface area contributed by atoms with Crippen LogP contribution in [0.15, 0.2) is 42.5 Å². The van der Waals surface area contributed by atoms with E-state index in [0.29, 0.717) is 17.5 Å². The number of hydrogen-bond acceptors (Lipinski definition) is 2. The van der Waals surface area contributed by atoms with Crippen LogP contribution >= 0.6 is 11.6 Å². The Morgan fingerprint density at radius 3 is 2.33 bits per heavy atom. The first kappa shape index (κ1) is 15.9. The van der Waals surface area contributed by atoms with Crippen molar-refractivity contribution in [2.45, 2.75) is 32.8 Å². The smallest absolute Gasteiger partial charge is 0.136 e. The zero-order valence-corrected chi connectivity index (χ0v) is 13.5. The molecule has 1 unspecified atom stereocenters. The van der Waals surface area contributed by atoms with Crippen LogP contribution in [0.2, 0.25) is 5.02 Å². The van der Waals surface area contributed by atoms with Crippen molar-refractivity contribution in [1.82, 2.24) is 0 Å². The van der Waals surface area contributed by atoms with Gasteiger partial charge in [0.25, 0.3) is 0 Å². The van der Waals surface area contributed by atoms with E-state index in [1.165, 1.54) is 11.1 Å². The molecule has 2 aromatic carbocycles. The van der Waals surface area contributed by atoms with Crippen LogP contribution in [0.4, 0.5) is 0 Å². The van der Waals surface area contributed by atoms with Crippen molar-refractivity contribution in [1.29, 1.82) is 0 Å². The molecule has 2 aromatic rings. The molecule has 0 aliphatic carbocycles. The van der Waals surface area contributed by atoms with Crippen LogP contribution in [0.5, 0.6) is 5.75 Å². The molecule has 2 N–H and O–H groups in total. The van der Waals surface area contributed by atoms with Gasteiger partial charge in [-0.3, -0.25) is 0 Å². The minimum Gasteiger partial charge on any atom is -0.484 e. The van der Waals surface area contributed by atoms with Gasteiger partial charge in [-0.2, -0.15) is 0 Å². The Kier molecular flexibility index (Phi) is 5.27. The fourth-order valence-corrected chi connectivity index (χ4v) is 2.43. The van der Waals surface area contributed by atoms with E-state index in [4.69, 9.17) is 22.1 Å². The maximum Gasteiger partial charge on any atom is 0.136 e. The number of nitrogens with two attached hydrogens (primary N) is 1. The maximum atomic E-state index is 6.19. The SMILES string of the molecule is Cc1ccc(C(C)C)c(OC(CN)c2ccc(Cl)cc2)c1. The van der Waals surface area contributed by atoms with E-state index in [1.807, 2.05) is 24.3 Å². The number of halogens is 1. The molecule has 2 nitrogen and oxygen atoms in total. The first-order valence-corrected chi connectivity index (χ1v) is 7.61. The zero-order chi connectivity index (χ0) is 15.4. The van der Waals surface area contributed by atoms with Gasteiger partial charge in [0.2, 0.25) is 0 Å². The quantitative estimate of drug-likeness (QED) is 0.857. The van der Waals surface area contributed by atoms with Crippen LogP contribution in [0, 0.1) is 6.92 Å². The summed E-state index contributed by atoms with van der Waals surface area (Å²) in [7, 11) is 0. The van der Waals surface area contributed by atoms with Gasteiger partial charge >= 0.3 is 0 Å². The second kappa shape index (κ2) is 6.97. The van der Waals surface area contributed by atoms with Crippen LogP contribution in [0.1, 0.15) is 42.6 Å². The minimum absolute atomic E-state index is 0.165. The molecule has 0 fully saturated rings. The van der Waals surface area contributed by atoms with Crippen LogP contribution in [0.25, 0.3) is 0 Å². The molecule has 3 heteroatoms. The molecule has 21 heavy (non-hydrogen) atoms. The van der Waals surface area contributed by atoms with Gasteiger partial charge in [0, 0.05) is 11.6 Å². The Hall–Kier alpha value is -1.51. The fraction of sp³-hybridized carbons (Fsp3) is 0.333. The molecule has 2 rings (SSSR count). The van der Waals surface area contributed by atoms with E-state index in [2.05, 4.69) is 39.0 Å². The van der Waals surface area contributed by atoms with Crippen LogP contribution in [0.3, 0.4) is 0 Å². The van der Waals surface area contributed by atoms with Gasteiger partial charge in [-0.1, -0.05) is 49.7 Å². The molecule has 0 aliphatic rings. The summed E-state index contributed by atoms with van der Waals surface area (Å²) in [6.07, 6.45) is -0.165. The fourth-order valence-electron chi connectivity index (χ4n) is 2.30. The molecule has 0 bridgehead atoms. The lowest BCUT2D eigenvalue weighted by molar-refractivity contribution is 0.211. The first-order chi connectivity index (χ1) is 10.0. The summed E-state index contributed by atoms with van der Waals surface area (Å²) < 4.78 is 6.19. The van der Waals surface area contributed by atoms with E-state index >= 15 is 0 Å². The van der Waals surface area contributed by atoms with Gasteiger partial charge in [-0.25, -0.2) is 0 Å². The second-order valence-corrected chi connectivity index (χ2v) is 6.03. The van der Waals surface area contributed by atoms with Crippen LogP contribution < -0.4 is 10.5 Å². The van der Waals surface area contributed by atoms with E-state index < -0.39 is 0 Å². The molecule has 0 aromatic heterocycles. The third-order valence-electron chi connectivity index (χ3n) is 3.52. The molecule has 0 saturated heterocycles. The van der Waals surface area contributed by atoms with E-state index in [1.54, 1.807) is 0 Å². The van der Waals surface area contributed by atoms with E-state index in [9.17, 15) is 0 Å². The normalized spacial score (nSPS) is 12.5. The molecule has 0 heterocycles. The minimum atomic E-state index is -0.165. The summed E-state index contributed by atoms with van der Waals surface area (Å²) in [6.45, 7) is 6.82. The highest BCUT2D eigenvalue weighted by Gasteiger charge is 2.15. The molecule has 0 spiro atoms. The maximum absolute atomic E-state index is 6.19. The van der Waals surface area contributed by atoms with E-state index in [-0.39, 0.29) is 6.10 Å². The molecular weight excluding hydrogens is 282 g/mol. The van der Waals surface area contributed by atoms with Crippen molar-refractivity contribution in [3.05, 3.63) is 64.2 Å². The molecule has 0 aliphatic heterocycles. The van der Waals surface area contributed by atoms with Gasteiger partial charge in [0.05, 0.1) is 0 Å². The van der Waals surface area contributed by atoms with Crippen molar-refractivity contribution in [3.63, 3.8) is 0 Å². The number of aryl methyl sites for hydroxylation is 1. The lowest BCUT2D eigenvalue weighted by Crippen LogP contribution is -2.19. The molecule has 1 atom stereocenters. The Morgan fingerprint density at radius 1 is 1.10 bits per heavy atom. The Morgan fingerprint density at radius 2 is 1.76 bits per heavy atom. The molecular formula is C18H22ClNO. The highest BCUT2D eigenvalue weighted by atomic mass is 35.5. The second-order valence-electron chi connectivity index (χ2n) is 5.59. The van der Waals surface area contributed by atoms with Crippen molar-refractivity contribution in [3.8, 4) is 5.75 Å². The number of benzene rings is 2. The Bertz CT molecular complexity index is 593. The predicted octanol–water partition coefficient (Wildman–Crippen LogP) is 4.85. The van der Waals surface area contributed by atoms with Crippen molar-refractivity contribution in [2.24, 2.45) is 5.73 Å². The lowest BCUT2D eigenvalue weighted by atomic mass is 10.0. The summed E-state index contributed by atoms with van der Waals surface area (Å²) in [4.78, 5) is 0. The Labute approximate surface area is 131 Å². The van der Waals surface area contributed by atoms with Gasteiger partial charge in [-0.05, 0) is 47.7 Å². The average Bonchev–Trinajstić information content (AvgIpc) is 2.45. The molecule has 0 amide bonds. The summed E-state index contributed by atoms with van der Waals surface area (Å²) >= 11 is 5.94. The van der Waals surface area contributed by atoms with Crippen LogP contribution in [-0.2, 0) is 0 Å². The topological polar surface area (TPSA) is 35.2 Å². The standard InChI is InChI=1S/C18H22ClNO/c1-12(2)16-9-4-13(3)10-17(16)21-18(11-20)14-5-7-15(19)8-6-14/h4-10,12,18H,11,20H2,1-3H3. The summed E-state index contributed by atoms with van der Waals surface area (Å²) in [6, 6.07) is 14.0. The van der Waals surface area contributed by atoms with Gasteiger partial charge in [0.15, 0.2) is 0 Å². The molecule has 0 radical (unpaired) electrons. The van der Waals surface area contributed by atoms with Gasteiger partial charge in [-0.15, -0.1) is 0 Å². The summed E-state index contributed by atoms with van der Waals surface area (Å²) in [5.74, 6) is 1.32. The monoisotopic (exact) mass is 303 g/mol. The number of rotatable bonds is 5. The molecule has 0 saturated carbocycles. The highest BCUT2D eigenvalue weighted by Crippen LogP contribution is 2.31. The van der Waals surface area contributed by atoms with Crippen molar-refractivity contribution in [2.75, 3.05) is 6.54 Å². The lowest BCUT2D eigenvalue weighted by Gasteiger charge is -2.22. The predicted molar refractivity (Wildman–Crippen MR) is 89.1 cm³/mol. The highest BCUT2D eigenvalue weighted by molar-refractivity contribution is 6.30. The van der Waals surface area contributed by atoms with Gasteiger partial charge < -0.3 is 10.5 Å². The average molecular weight is 304 g/mol. The molecule has 112 valence electrons. The third-order valence-corrected chi connectivity index (χ3v) is 3.77. The summed E-state index contributed by atoms with van der Waals surface area (Å²) in [5.41, 5.74) is 9.32. The number of ether oxygens (including phenoxy) is 1. The van der Waals surface area contributed by atoms with Gasteiger partial charge in [0.1, 0.15) is 11.9 Å². The Balaban J connectivity index is 2.30. The number of hydrogen-bond donors (Lipinski definition) is 1. The summed E-state index contributed by atoms with van der Waals surface area (Å²) in [5, 5.41) is 0.716. The first-order valence-electron chi connectivity index (χ1n) is 7.24. The zero-order valence-electron chi connectivity index (χ0n) is 12.8. The van der Waals surface area contributed by atoms with Crippen molar-refractivity contribution >= 4 is 11.6 Å². The van der Waals surface area contributed by atoms with E-state index in [0.717, 1.165) is 11.3 Å². The largest absolute Gasteiger partial charge is 0.484 e. The van der Waals surface area contributed by atoms with Crippen molar-refractivity contribution < 1.29 is 4.74 Å².